The second kappa shape index (κ2) is 10.3. The number of amides is 2. The van der Waals surface area contributed by atoms with Gasteiger partial charge in [-0.15, -0.1) is 19.0 Å². The van der Waals surface area contributed by atoms with E-state index in [1.54, 1.807) is 30.3 Å². The molecule has 0 saturated carbocycles. The molecule has 0 aliphatic carbocycles. The monoisotopic (exact) mass is 355 g/mol. The molecular weight excluding hydrogens is 334 g/mol. The van der Waals surface area contributed by atoms with Crippen LogP contribution in [0.4, 0.5) is 5.69 Å². The number of anilines is 1. The van der Waals surface area contributed by atoms with Crippen molar-refractivity contribution in [1.82, 2.24) is 10.6 Å². The molecule has 3 N–H and O–H groups in total. The Kier molecular flexibility index (Phi) is 8.76. The number of halogens is 1. The molecule has 1 aliphatic heterocycles. The van der Waals surface area contributed by atoms with Gasteiger partial charge in [0.05, 0.1) is 0 Å². The van der Waals surface area contributed by atoms with Gasteiger partial charge >= 0.3 is 0 Å². The summed E-state index contributed by atoms with van der Waals surface area (Å²) < 4.78 is 0. The fourth-order valence-electron chi connectivity index (χ4n) is 2.16. The second-order valence-electron chi connectivity index (χ2n) is 5.05. The molecule has 23 heavy (non-hydrogen) atoms. The van der Waals surface area contributed by atoms with Crippen LogP contribution in [0.15, 0.2) is 36.9 Å². The zero-order chi connectivity index (χ0) is 15.8. The quantitative estimate of drug-likeness (QED) is 0.683. The molecule has 1 aromatic rings. The Hall–Kier alpha value is -1.50. The topological polar surface area (TPSA) is 70.2 Å². The third kappa shape index (κ3) is 6.64. The summed E-state index contributed by atoms with van der Waals surface area (Å²) in [7, 11) is 0. The largest absolute Gasteiger partial charge is 0.349 e. The standard InChI is InChI=1S/C16H21N3O2S.ClH/c1-2-7-18-16(21)12-3-5-13(6-4-12)19-15(20)10-14-11-22-9-8-17-14;/h2-6,14,17H,1,7-11H2,(H,18,21)(H,19,20);1H. The van der Waals surface area contributed by atoms with Crippen LogP contribution in [-0.2, 0) is 4.79 Å². The van der Waals surface area contributed by atoms with Crippen LogP contribution < -0.4 is 16.0 Å². The lowest BCUT2D eigenvalue weighted by molar-refractivity contribution is -0.116. The lowest BCUT2D eigenvalue weighted by Crippen LogP contribution is -2.39. The molecule has 0 radical (unpaired) electrons. The number of thioether (sulfide) groups is 1. The summed E-state index contributed by atoms with van der Waals surface area (Å²) in [5.41, 5.74) is 1.26. The molecule has 2 amide bonds. The van der Waals surface area contributed by atoms with E-state index in [0.717, 1.165) is 18.1 Å². The Morgan fingerprint density at radius 3 is 2.70 bits per heavy atom. The SMILES string of the molecule is C=CCNC(=O)c1ccc(NC(=O)CC2CSCCN2)cc1.Cl. The highest BCUT2D eigenvalue weighted by molar-refractivity contribution is 7.99. The first kappa shape index (κ1) is 19.5. The van der Waals surface area contributed by atoms with Gasteiger partial charge in [-0.2, -0.15) is 11.8 Å². The average Bonchev–Trinajstić information content (AvgIpc) is 2.54. The Bertz CT molecular complexity index is 531. The summed E-state index contributed by atoms with van der Waals surface area (Å²) in [6.07, 6.45) is 2.10. The van der Waals surface area contributed by atoms with Crippen molar-refractivity contribution in [2.75, 3.05) is 29.9 Å². The molecule has 7 heteroatoms. The number of hydrogen-bond acceptors (Lipinski definition) is 4. The van der Waals surface area contributed by atoms with Crippen molar-refractivity contribution in [2.24, 2.45) is 0 Å². The van der Waals surface area contributed by atoms with Gasteiger partial charge in [0, 0.05) is 48.3 Å². The predicted molar refractivity (Wildman–Crippen MR) is 98.6 cm³/mol. The third-order valence-corrected chi connectivity index (χ3v) is 4.40. The van der Waals surface area contributed by atoms with E-state index in [1.165, 1.54) is 0 Å². The van der Waals surface area contributed by atoms with Crippen LogP contribution in [0, 0.1) is 0 Å². The molecule has 0 bridgehead atoms. The third-order valence-electron chi connectivity index (χ3n) is 3.27. The van der Waals surface area contributed by atoms with Crippen molar-refractivity contribution < 1.29 is 9.59 Å². The lowest BCUT2D eigenvalue weighted by Gasteiger charge is -2.22. The smallest absolute Gasteiger partial charge is 0.251 e. The van der Waals surface area contributed by atoms with Crippen LogP contribution in [0.25, 0.3) is 0 Å². The van der Waals surface area contributed by atoms with Gasteiger partial charge in [-0.3, -0.25) is 9.59 Å². The van der Waals surface area contributed by atoms with Gasteiger partial charge in [-0.05, 0) is 24.3 Å². The first-order valence-corrected chi connectivity index (χ1v) is 8.44. The normalized spacial score (nSPS) is 16.8. The van der Waals surface area contributed by atoms with Crippen molar-refractivity contribution in [2.45, 2.75) is 12.5 Å². The number of carbonyl (C=O) groups excluding carboxylic acids is 2. The molecule has 126 valence electrons. The first-order valence-electron chi connectivity index (χ1n) is 7.29. The van der Waals surface area contributed by atoms with E-state index in [0.29, 0.717) is 24.2 Å². The van der Waals surface area contributed by atoms with Crippen LogP contribution in [0.2, 0.25) is 0 Å². The minimum atomic E-state index is -0.152. The zero-order valence-electron chi connectivity index (χ0n) is 12.8. The number of nitrogens with one attached hydrogen (secondary N) is 3. The fourth-order valence-corrected chi connectivity index (χ4v) is 3.11. The number of carbonyl (C=O) groups is 2. The van der Waals surface area contributed by atoms with Gasteiger partial charge in [0.2, 0.25) is 5.91 Å². The van der Waals surface area contributed by atoms with E-state index < -0.39 is 0 Å². The molecule has 5 nitrogen and oxygen atoms in total. The molecular formula is C16H22ClN3O2S. The lowest BCUT2D eigenvalue weighted by atomic mass is 10.1. The molecule has 1 heterocycles. The highest BCUT2D eigenvalue weighted by Crippen LogP contribution is 2.13. The summed E-state index contributed by atoms with van der Waals surface area (Å²) >= 11 is 1.87. The van der Waals surface area contributed by atoms with E-state index in [2.05, 4.69) is 22.5 Å². The Labute approximate surface area is 147 Å². The maximum atomic E-state index is 12.0. The Morgan fingerprint density at radius 2 is 2.09 bits per heavy atom. The molecule has 1 aromatic carbocycles. The van der Waals surface area contributed by atoms with Crippen LogP contribution in [-0.4, -0.2) is 42.5 Å². The fraction of sp³-hybridized carbons (Fsp3) is 0.375. The summed E-state index contributed by atoms with van der Waals surface area (Å²) in [5, 5.41) is 8.91. The molecule has 1 fully saturated rings. The molecule has 1 unspecified atom stereocenters. The maximum Gasteiger partial charge on any atom is 0.251 e. The Morgan fingerprint density at radius 1 is 1.35 bits per heavy atom. The highest BCUT2D eigenvalue weighted by Gasteiger charge is 2.16. The summed E-state index contributed by atoms with van der Waals surface area (Å²) in [4.78, 5) is 23.7. The maximum absolute atomic E-state index is 12.0. The average molecular weight is 356 g/mol. The van der Waals surface area contributed by atoms with Gasteiger partial charge in [0.25, 0.3) is 5.91 Å². The summed E-state index contributed by atoms with van der Waals surface area (Å²) in [6, 6.07) is 7.11. The van der Waals surface area contributed by atoms with Gasteiger partial charge in [-0.25, -0.2) is 0 Å². The first-order chi connectivity index (χ1) is 10.7. The highest BCUT2D eigenvalue weighted by atomic mass is 35.5. The number of benzene rings is 1. The van der Waals surface area contributed by atoms with Gasteiger partial charge in [0.1, 0.15) is 0 Å². The minimum absolute atomic E-state index is 0. The molecule has 1 aliphatic rings. The van der Waals surface area contributed by atoms with E-state index in [1.807, 2.05) is 11.8 Å². The minimum Gasteiger partial charge on any atom is -0.349 e. The van der Waals surface area contributed by atoms with Crippen molar-refractivity contribution in [3.63, 3.8) is 0 Å². The van der Waals surface area contributed by atoms with Crippen LogP contribution in [0.3, 0.4) is 0 Å². The van der Waals surface area contributed by atoms with Gasteiger partial charge in [-0.1, -0.05) is 6.08 Å². The van der Waals surface area contributed by atoms with Crippen molar-refractivity contribution >= 4 is 41.7 Å². The molecule has 1 atom stereocenters. The molecule has 0 spiro atoms. The summed E-state index contributed by atoms with van der Waals surface area (Å²) in [5.74, 6) is 1.91. The van der Waals surface area contributed by atoms with Gasteiger partial charge in [0.15, 0.2) is 0 Å². The van der Waals surface area contributed by atoms with E-state index >= 15 is 0 Å². The second-order valence-corrected chi connectivity index (χ2v) is 6.20. The van der Waals surface area contributed by atoms with Crippen molar-refractivity contribution in [3.05, 3.63) is 42.5 Å². The molecule has 0 aromatic heterocycles. The number of hydrogen-bond donors (Lipinski definition) is 3. The van der Waals surface area contributed by atoms with Crippen LogP contribution in [0.5, 0.6) is 0 Å². The molecule has 1 saturated heterocycles. The van der Waals surface area contributed by atoms with Gasteiger partial charge < -0.3 is 16.0 Å². The zero-order valence-corrected chi connectivity index (χ0v) is 14.5. The Balaban J connectivity index is 0.00000264. The van der Waals surface area contributed by atoms with Crippen LogP contribution in [0.1, 0.15) is 16.8 Å². The van der Waals surface area contributed by atoms with E-state index in [4.69, 9.17) is 0 Å². The van der Waals surface area contributed by atoms with E-state index in [9.17, 15) is 9.59 Å². The predicted octanol–water partition coefficient (Wildman–Crippen LogP) is 2.06. The number of rotatable bonds is 6. The molecule has 2 rings (SSSR count). The van der Waals surface area contributed by atoms with Crippen molar-refractivity contribution in [3.8, 4) is 0 Å². The van der Waals surface area contributed by atoms with E-state index in [-0.39, 0.29) is 30.3 Å². The van der Waals surface area contributed by atoms with Crippen LogP contribution >= 0.6 is 24.2 Å². The van der Waals surface area contributed by atoms with Crippen molar-refractivity contribution in [1.29, 1.82) is 0 Å². The summed E-state index contributed by atoms with van der Waals surface area (Å²) in [6.45, 7) is 4.94.